The molecule has 0 saturated carbocycles. The lowest BCUT2D eigenvalue weighted by Crippen LogP contribution is -2.23. The fourth-order valence-corrected chi connectivity index (χ4v) is 3.32. The summed E-state index contributed by atoms with van der Waals surface area (Å²) in [5, 5.41) is 27.5. The van der Waals surface area contributed by atoms with Crippen LogP contribution in [0, 0.1) is 22.7 Å². The third-order valence-corrected chi connectivity index (χ3v) is 4.64. The Morgan fingerprint density at radius 3 is 2.48 bits per heavy atom. The van der Waals surface area contributed by atoms with Crippen molar-refractivity contribution in [2.24, 2.45) is 0 Å². The molecule has 2 aromatic rings. The second kappa shape index (κ2) is 7.06. The Kier molecular flexibility index (Phi) is 4.81. The summed E-state index contributed by atoms with van der Waals surface area (Å²) in [4.78, 5) is 10.5. The molecule has 7 nitrogen and oxygen atoms in total. The first-order valence-corrected chi connectivity index (χ1v) is 8.45. The summed E-state index contributed by atoms with van der Waals surface area (Å²) in [6.07, 6.45) is 1.82. The molecule has 1 aromatic carbocycles. The molecular weight excluding hydrogens is 342 g/mol. The summed E-state index contributed by atoms with van der Waals surface area (Å²) in [5.74, 6) is 0.118. The Bertz CT molecular complexity index is 998. The van der Waals surface area contributed by atoms with Crippen molar-refractivity contribution in [2.75, 3.05) is 25.2 Å². The third kappa shape index (κ3) is 3.10. The highest BCUT2D eigenvalue weighted by Crippen LogP contribution is 2.47. The van der Waals surface area contributed by atoms with E-state index in [9.17, 15) is 10.5 Å². The number of anilines is 1. The maximum absolute atomic E-state index is 9.28. The summed E-state index contributed by atoms with van der Waals surface area (Å²) >= 11 is 0. The Morgan fingerprint density at radius 2 is 1.85 bits per heavy atom. The number of benzene rings is 1. The van der Waals surface area contributed by atoms with Crippen molar-refractivity contribution in [3.05, 3.63) is 52.6 Å². The minimum absolute atomic E-state index is 0.0150. The number of aliphatic hydroxyl groups is 1. The van der Waals surface area contributed by atoms with E-state index in [0.717, 1.165) is 11.4 Å². The zero-order valence-electron chi connectivity index (χ0n) is 15.4. The summed E-state index contributed by atoms with van der Waals surface area (Å²) in [7, 11) is 1.97. The molecule has 27 heavy (non-hydrogen) atoms. The summed E-state index contributed by atoms with van der Waals surface area (Å²) in [6.45, 7) is 4.03. The van der Waals surface area contributed by atoms with Crippen LogP contribution in [0.1, 0.15) is 36.5 Å². The topological polar surface area (TPSA) is 106 Å². The number of fused-ring (bicyclic) bond motifs is 1. The molecule has 1 aliphatic rings. The van der Waals surface area contributed by atoms with Gasteiger partial charge in [0.1, 0.15) is 24.4 Å². The minimum atomic E-state index is -0.290. The largest absolute Gasteiger partial charge is 0.474 e. The van der Waals surface area contributed by atoms with Gasteiger partial charge in [0.15, 0.2) is 11.4 Å². The molecule has 1 aliphatic heterocycles. The van der Waals surface area contributed by atoms with Gasteiger partial charge in [0.05, 0.1) is 6.61 Å². The molecule has 0 radical (unpaired) electrons. The van der Waals surface area contributed by atoms with Gasteiger partial charge < -0.3 is 14.7 Å². The van der Waals surface area contributed by atoms with Gasteiger partial charge in [0, 0.05) is 23.8 Å². The van der Waals surface area contributed by atoms with E-state index in [4.69, 9.17) is 9.84 Å². The van der Waals surface area contributed by atoms with E-state index < -0.39 is 0 Å². The maximum atomic E-state index is 9.28. The van der Waals surface area contributed by atoms with Gasteiger partial charge in [-0.2, -0.15) is 15.5 Å². The number of para-hydroxylation sites is 1. The van der Waals surface area contributed by atoms with Crippen LogP contribution >= 0.6 is 0 Å². The van der Waals surface area contributed by atoms with Crippen molar-refractivity contribution in [3.63, 3.8) is 0 Å². The van der Waals surface area contributed by atoms with Crippen LogP contribution in [0.4, 0.5) is 5.69 Å². The molecule has 2 heterocycles. The number of hydrogen-bond acceptors (Lipinski definition) is 7. The van der Waals surface area contributed by atoms with Gasteiger partial charge in [-0.3, -0.25) is 0 Å². The SMILES string of the molecule is CN1/C(=C\c2nc(C#N)c(C#N)nc2OCCO)C(C)(C)c2ccccc21. The zero-order valence-corrected chi connectivity index (χ0v) is 15.4. The number of likely N-dealkylation sites (N-methyl/N-ethyl adjacent to an activating group) is 1. The lowest BCUT2D eigenvalue weighted by Gasteiger charge is -2.24. The molecule has 1 aromatic heterocycles. The third-order valence-electron chi connectivity index (χ3n) is 4.64. The molecule has 136 valence electrons. The number of hydrogen-bond donors (Lipinski definition) is 1. The number of nitriles is 2. The average molecular weight is 361 g/mol. The van der Waals surface area contributed by atoms with Crippen LogP contribution in [0.5, 0.6) is 5.88 Å². The van der Waals surface area contributed by atoms with Gasteiger partial charge in [-0.1, -0.05) is 32.0 Å². The monoisotopic (exact) mass is 361 g/mol. The molecule has 1 N–H and O–H groups in total. The van der Waals surface area contributed by atoms with Crippen molar-refractivity contribution in [2.45, 2.75) is 19.3 Å². The molecule has 0 aliphatic carbocycles. The van der Waals surface area contributed by atoms with E-state index in [1.54, 1.807) is 0 Å². The zero-order chi connectivity index (χ0) is 19.6. The first kappa shape index (κ1) is 18.4. The van der Waals surface area contributed by atoms with Crippen LogP contribution in [0.2, 0.25) is 0 Å². The van der Waals surface area contributed by atoms with Crippen molar-refractivity contribution >= 4 is 11.8 Å². The summed E-state index contributed by atoms with van der Waals surface area (Å²) < 4.78 is 5.47. The number of nitrogens with zero attached hydrogens (tertiary/aromatic N) is 5. The molecule has 0 spiro atoms. The Labute approximate surface area is 157 Å². The van der Waals surface area contributed by atoms with E-state index in [0.29, 0.717) is 5.69 Å². The summed E-state index contributed by atoms with van der Waals surface area (Å²) in [5.41, 5.74) is 3.13. The van der Waals surface area contributed by atoms with E-state index in [-0.39, 0.29) is 35.9 Å². The first-order chi connectivity index (χ1) is 12.9. The van der Waals surface area contributed by atoms with Gasteiger partial charge in [-0.15, -0.1) is 0 Å². The molecule has 0 amide bonds. The van der Waals surface area contributed by atoms with E-state index in [1.165, 1.54) is 5.56 Å². The van der Waals surface area contributed by atoms with Crippen molar-refractivity contribution in [3.8, 4) is 18.0 Å². The predicted octanol–water partition coefficient (Wildman–Crippen LogP) is 2.36. The average Bonchev–Trinajstić information content (AvgIpc) is 2.87. The van der Waals surface area contributed by atoms with Crippen LogP contribution in [-0.2, 0) is 5.41 Å². The number of allylic oxidation sites excluding steroid dienone is 1. The molecule has 7 heteroatoms. The van der Waals surface area contributed by atoms with Crippen LogP contribution in [-0.4, -0.2) is 35.3 Å². The number of aliphatic hydroxyl groups excluding tert-OH is 1. The number of ether oxygens (including phenoxy) is 1. The van der Waals surface area contributed by atoms with Crippen molar-refractivity contribution < 1.29 is 9.84 Å². The molecule has 0 bridgehead atoms. The standard InChI is InChI=1S/C20H19N5O2/c1-20(2)13-6-4-5-7-17(13)25(3)18(20)10-14-19(27-9-8-26)24-16(12-22)15(11-21)23-14/h4-7,10,26H,8-9H2,1-3H3/b18-10-. The molecular formula is C20H19N5O2. The molecule has 0 fully saturated rings. The molecule has 3 rings (SSSR count). The second-order valence-corrected chi connectivity index (χ2v) is 6.64. The lowest BCUT2D eigenvalue weighted by molar-refractivity contribution is 0.196. The van der Waals surface area contributed by atoms with Crippen molar-refractivity contribution in [1.82, 2.24) is 9.97 Å². The minimum Gasteiger partial charge on any atom is -0.474 e. The van der Waals surface area contributed by atoms with Crippen LogP contribution < -0.4 is 9.64 Å². The highest BCUT2D eigenvalue weighted by Gasteiger charge is 2.38. The highest BCUT2D eigenvalue weighted by atomic mass is 16.5. The number of aromatic nitrogens is 2. The molecule has 0 atom stereocenters. The molecule has 0 unspecified atom stereocenters. The summed E-state index contributed by atoms with van der Waals surface area (Å²) in [6, 6.07) is 11.9. The van der Waals surface area contributed by atoms with Gasteiger partial charge in [0.2, 0.25) is 5.88 Å². The Hall–Kier alpha value is -3.42. The van der Waals surface area contributed by atoms with Gasteiger partial charge >= 0.3 is 0 Å². The fraction of sp³-hybridized carbons (Fsp3) is 0.300. The maximum Gasteiger partial charge on any atom is 0.241 e. The Morgan fingerprint density at radius 1 is 1.19 bits per heavy atom. The van der Waals surface area contributed by atoms with Crippen LogP contribution in [0.25, 0.3) is 6.08 Å². The van der Waals surface area contributed by atoms with Gasteiger partial charge in [-0.25, -0.2) is 4.98 Å². The van der Waals surface area contributed by atoms with Crippen molar-refractivity contribution in [1.29, 1.82) is 10.5 Å². The highest BCUT2D eigenvalue weighted by molar-refractivity contribution is 5.75. The fourth-order valence-electron chi connectivity index (χ4n) is 3.32. The smallest absolute Gasteiger partial charge is 0.241 e. The van der Waals surface area contributed by atoms with E-state index in [2.05, 4.69) is 34.8 Å². The number of rotatable bonds is 4. The van der Waals surface area contributed by atoms with Crippen LogP contribution in [0.15, 0.2) is 30.0 Å². The van der Waals surface area contributed by atoms with Gasteiger partial charge in [-0.05, 0) is 17.7 Å². The quantitative estimate of drug-likeness (QED) is 0.891. The first-order valence-electron chi connectivity index (χ1n) is 8.45. The predicted molar refractivity (Wildman–Crippen MR) is 99.9 cm³/mol. The molecule has 0 saturated heterocycles. The normalized spacial score (nSPS) is 15.9. The van der Waals surface area contributed by atoms with Gasteiger partial charge in [0.25, 0.3) is 0 Å². The van der Waals surface area contributed by atoms with E-state index >= 15 is 0 Å². The second-order valence-electron chi connectivity index (χ2n) is 6.64. The Balaban J connectivity index is 2.17. The van der Waals surface area contributed by atoms with Crippen LogP contribution in [0.3, 0.4) is 0 Å². The lowest BCUT2D eigenvalue weighted by atomic mass is 9.83. The van der Waals surface area contributed by atoms with E-state index in [1.807, 2.05) is 43.5 Å².